The molecule has 0 aromatic heterocycles. The van der Waals surface area contributed by atoms with Crippen LogP contribution in [0.5, 0.6) is 0 Å². The van der Waals surface area contributed by atoms with Crippen LogP contribution in [0.25, 0.3) is 0 Å². The van der Waals surface area contributed by atoms with E-state index in [1.165, 1.54) is 18.3 Å². The van der Waals surface area contributed by atoms with Crippen molar-refractivity contribution in [2.75, 3.05) is 13.7 Å². The largest absolute Gasteiger partial charge is 0.469 e. The Kier molecular flexibility index (Phi) is 8.53. The van der Waals surface area contributed by atoms with Gasteiger partial charge < -0.3 is 9.84 Å². The smallest absolute Gasteiger partial charge is 0.309 e. The molecule has 0 rings (SSSR count). The molecule has 0 aliphatic rings. The lowest BCUT2D eigenvalue weighted by Crippen LogP contribution is -1.97. The SMILES string of the molecule is COC(=O)C/C=C(\C)CCC/C(C)=C/CO. The van der Waals surface area contributed by atoms with E-state index in [1.807, 2.05) is 26.0 Å². The summed E-state index contributed by atoms with van der Waals surface area (Å²) in [5.41, 5.74) is 2.42. The highest BCUT2D eigenvalue weighted by atomic mass is 16.5. The first kappa shape index (κ1) is 14.9. The molecule has 0 spiro atoms. The van der Waals surface area contributed by atoms with Gasteiger partial charge in [0, 0.05) is 0 Å². The van der Waals surface area contributed by atoms with Crippen LogP contribution >= 0.6 is 0 Å². The molecule has 3 heteroatoms. The zero-order valence-corrected chi connectivity index (χ0v) is 10.5. The number of allylic oxidation sites excluding steroid dienone is 2. The summed E-state index contributed by atoms with van der Waals surface area (Å²) in [5.74, 6) is -0.198. The van der Waals surface area contributed by atoms with Gasteiger partial charge in [-0.1, -0.05) is 23.3 Å². The fraction of sp³-hybridized carbons (Fsp3) is 0.615. The quantitative estimate of drug-likeness (QED) is 0.536. The first-order chi connectivity index (χ1) is 7.60. The lowest BCUT2D eigenvalue weighted by Gasteiger charge is -2.02. The van der Waals surface area contributed by atoms with Crippen molar-refractivity contribution >= 4 is 5.97 Å². The minimum absolute atomic E-state index is 0.114. The van der Waals surface area contributed by atoms with Gasteiger partial charge >= 0.3 is 5.97 Å². The summed E-state index contributed by atoms with van der Waals surface area (Å²) in [4.78, 5) is 10.9. The second-order valence-corrected chi connectivity index (χ2v) is 3.92. The highest BCUT2D eigenvalue weighted by Gasteiger charge is 1.97. The summed E-state index contributed by atoms with van der Waals surface area (Å²) in [6, 6.07) is 0. The fourth-order valence-corrected chi connectivity index (χ4v) is 1.35. The number of ether oxygens (including phenoxy) is 1. The highest BCUT2D eigenvalue weighted by Crippen LogP contribution is 2.12. The minimum atomic E-state index is -0.198. The van der Waals surface area contributed by atoms with Gasteiger partial charge in [-0.15, -0.1) is 0 Å². The Hall–Kier alpha value is -1.09. The van der Waals surface area contributed by atoms with Gasteiger partial charge in [0.05, 0.1) is 20.1 Å². The molecule has 0 radical (unpaired) electrons. The first-order valence-corrected chi connectivity index (χ1v) is 5.59. The molecule has 1 N–H and O–H groups in total. The second kappa shape index (κ2) is 9.16. The summed E-state index contributed by atoms with van der Waals surface area (Å²) >= 11 is 0. The van der Waals surface area contributed by atoms with Crippen LogP contribution in [0.3, 0.4) is 0 Å². The third kappa shape index (κ3) is 8.24. The topological polar surface area (TPSA) is 46.5 Å². The molecule has 0 bridgehead atoms. The molecule has 92 valence electrons. The van der Waals surface area contributed by atoms with Gasteiger partial charge in [-0.2, -0.15) is 0 Å². The van der Waals surface area contributed by atoms with Crippen LogP contribution in [0.1, 0.15) is 39.5 Å². The van der Waals surface area contributed by atoms with Gasteiger partial charge in [0.1, 0.15) is 0 Å². The Morgan fingerprint density at radius 3 is 2.25 bits per heavy atom. The first-order valence-electron chi connectivity index (χ1n) is 5.59. The van der Waals surface area contributed by atoms with Crippen LogP contribution in [0.2, 0.25) is 0 Å². The van der Waals surface area contributed by atoms with Gasteiger partial charge in [0.15, 0.2) is 0 Å². The summed E-state index contributed by atoms with van der Waals surface area (Å²) < 4.78 is 4.55. The molecule has 0 fully saturated rings. The van der Waals surface area contributed by atoms with Crippen molar-refractivity contribution in [2.45, 2.75) is 39.5 Å². The summed E-state index contributed by atoms with van der Waals surface area (Å²) in [6.45, 7) is 4.15. The van der Waals surface area contributed by atoms with E-state index in [4.69, 9.17) is 5.11 Å². The molecule has 0 aliphatic carbocycles. The molecule has 0 saturated heterocycles. The Bertz CT molecular complexity index is 264. The number of aliphatic hydroxyl groups excluding tert-OH is 1. The van der Waals surface area contributed by atoms with Gasteiger partial charge in [-0.3, -0.25) is 4.79 Å². The standard InChI is InChI=1S/C13H22O3/c1-11(7-8-13(15)16-3)5-4-6-12(2)9-10-14/h7,9,14H,4-6,8,10H2,1-3H3/b11-7+,12-9+. The Labute approximate surface area is 97.8 Å². The van der Waals surface area contributed by atoms with Crippen molar-refractivity contribution < 1.29 is 14.6 Å². The molecule has 0 amide bonds. The molecule has 0 aromatic carbocycles. The second-order valence-electron chi connectivity index (χ2n) is 3.92. The summed E-state index contributed by atoms with van der Waals surface area (Å²) in [6.07, 6.45) is 7.11. The van der Waals surface area contributed by atoms with Crippen molar-refractivity contribution in [3.8, 4) is 0 Å². The van der Waals surface area contributed by atoms with Gasteiger partial charge in [-0.25, -0.2) is 0 Å². The maximum atomic E-state index is 10.9. The van der Waals surface area contributed by atoms with Crippen molar-refractivity contribution in [1.29, 1.82) is 0 Å². The number of hydrogen-bond donors (Lipinski definition) is 1. The molecular weight excluding hydrogens is 204 g/mol. The normalized spacial score (nSPS) is 12.8. The van der Waals surface area contributed by atoms with Crippen LogP contribution in [-0.2, 0) is 9.53 Å². The third-order valence-corrected chi connectivity index (χ3v) is 2.43. The summed E-state index contributed by atoms with van der Waals surface area (Å²) in [7, 11) is 1.40. The Morgan fingerprint density at radius 1 is 1.19 bits per heavy atom. The maximum Gasteiger partial charge on any atom is 0.309 e. The van der Waals surface area contributed by atoms with E-state index in [0.29, 0.717) is 6.42 Å². The maximum absolute atomic E-state index is 10.9. The average molecular weight is 226 g/mol. The predicted octanol–water partition coefficient (Wildman–Crippen LogP) is 2.60. The lowest BCUT2D eigenvalue weighted by molar-refractivity contribution is -0.139. The van der Waals surface area contributed by atoms with E-state index in [1.54, 1.807) is 0 Å². The fourth-order valence-electron chi connectivity index (χ4n) is 1.35. The number of rotatable bonds is 7. The molecule has 16 heavy (non-hydrogen) atoms. The molecule has 3 nitrogen and oxygen atoms in total. The molecule has 0 aliphatic heterocycles. The molecule has 0 saturated carbocycles. The average Bonchev–Trinajstić information content (AvgIpc) is 2.26. The zero-order valence-electron chi connectivity index (χ0n) is 10.5. The highest BCUT2D eigenvalue weighted by molar-refractivity contribution is 5.71. The third-order valence-electron chi connectivity index (χ3n) is 2.43. The van der Waals surface area contributed by atoms with Gasteiger partial charge in [-0.05, 0) is 33.1 Å². The van der Waals surface area contributed by atoms with E-state index in [9.17, 15) is 4.79 Å². The van der Waals surface area contributed by atoms with Crippen molar-refractivity contribution in [3.05, 3.63) is 23.3 Å². The molecule has 0 heterocycles. The van der Waals surface area contributed by atoms with Crippen LogP contribution in [0.15, 0.2) is 23.3 Å². The number of carbonyl (C=O) groups excluding carboxylic acids is 1. The molecular formula is C13H22O3. The van der Waals surface area contributed by atoms with E-state index < -0.39 is 0 Å². The van der Waals surface area contributed by atoms with Crippen LogP contribution < -0.4 is 0 Å². The number of hydrogen-bond acceptors (Lipinski definition) is 3. The molecule has 0 aromatic rings. The monoisotopic (exact) mass is 226 g/mol. The Balaban J connectivity index is 3.76. The van der Waals surface area contributed by atoms with Crippen LogP contribution in [0, 0.1) is 0 Å². The number of esters is 1. The predicted molar refractivity (Wildman–Crippen MR) is 65.1 cm³/mol. The number of carbonyl (C=O) groups is 1. The zero-order chi connectivity index (χ0) is 12.4. The summed E-state index contributed by atoms with van der Waals surface area (Å²) in [5, 5.41) is 8.68. The van der Waals surface area contributed by atoms with Crippen LogP contribution in [0.4, 0.5) is 0 Å². The molecule has 0 unspecified atom stereocenters. The lowest BCUT2D eigenvalue weighted by atomic mass is 10.1. The van der Waals surface area contributed by atoms with Crippen LogP contribution in [-0.4, -0.2) is 24.8 Å². The van der Waals surface area contributed by atoms with Crippen molar-refractivity contribution in [3.63, 3.8) is 0 Å². The molecule has 0 atom stereocenters. The minimum Gasteiger partial charge on any atom is -0.469 e. The van der Waals surface area contributed by atoms with E-state index in [0.717, 1.165) is 19.3 Å². The van der Waals surface area contributed by atoms with Crippen molar-refractivity contribution in [1.82, 2.24) is 0 Å². The van der Waals surface area contributed by atoms with E-state index in [-0.39, 0.29) is 12.6 Å². The Morgan fingerprint density at radius 2 is 1.75 bits per heavy atom. The van der Waals surface area contributed by atoms with Gasteiger partial charge in [0.2, 0.25) is 0 Å². The number of methoxy groups -OCH3 is 1. The van der Waals surface area contributed by atoms with E-state index in [2.05, 4.69) is 4.74 Å². The van der Waals surface area contributed by atoms with E-state index >= 15 is 0 Å². The van der Waals surface area contributed by atoms with Gasteiger partial charge in [0.25, 0.3) is 0 Å². The van der Waals surface area contributed by atoms with Crippen molar-refractivity contribution in [2.24, 2.45) is 0 Å². The number of aliphatic hydroxyl groups is 1.